The first-order valence-corrected chi connectivity index (χ1v) is 17.1. The van der Waals surface area contributed by atoms with E-state index < -0.39 is 0 Å². The maximum Gasteiger partial charge on any atom is 0.0547 e. The van der Waals surface area contributed by atoms with Gasteiger partial charge in [0.05, 0.1) is 16.7 Å². The highest BCUT2D eigenvalue weighted by atomic mass is 15.1. The second kappa shape index (κ2) is 12.8. The van der Waals surface area contributed by atoms with Gasteiger partial charge in [-0.3, -0.25) is 0 Å². The lowest BCUT2D eigenvalue weighted by atomic mass is 9.92. The summed E-state index contributed by atoms with van der Waals surface area (Å²) in [5.41, 5.74) is 14.0. The Morgan fingerprint density at radius 2 is 0.900 bits per heavy atom. The van der Waals surface area contributed by atoms with E-state index in [1.807, 2.05) is 0 Å². The highest BCUT2D eigenvalue weighted by molar-refractivity contribution is 6.10. The minimum absolute atomic E-state index is 1.11. The fourth-order valence-electron chi connectivity index (χ4n) is 7.32. The molecule has 0 atom stereocenters. The largest absolute Gasteiger partial charge is 0.310 e. The summed E-state index contributed by atoms with van der Waals surface area (Å²) >= 11 is 0. The van der Waals surface area contributed by atoms with E-state index in [0.717, 1.165) is 22.7 Å². The van der Waals surface area contributed by atoms with Gasteiger partial charge in [-0.1, -0.05) is 152 Å². The number of fused-ring (bicyclic) bond motifs is 3. The average Bonchev–Trinajstić information content (AvgIpc) is 3.53. The van der Waals surface area contributed by atoms with Crippen molar-refractivity contribution in [2.24, 2.45) is 0 Å². The maximum absolute atomic E-state index is 2.39. The van der Waals surface area contributed by atoms with Crippen LogP contribution >= 0.6 is 0 Å². The molecule has 9 aromatic rings. The number of rotatable bonds is 7. The van der Waals surface area contributed by atoms with Crippen molar-refractivity contribution >= 4 is 38.9 Å². The first kappa shape index (κ1) is 29.5. The van der Waals surface area contributed by atoms with Gasteiger partial charge in [-0.2, -0.15) is 0 Å². The van der Waals surface area contributed by atoms with Crippen LogP contribution in [-0.4, -0.2) is 4.57 Å². The summed E-state index contributed by atoms with van der Waals surface area (Å²) in [5.74, 6) is 0. The number of aromatic nitrogens is 1. The Morgan fingerprint density at radius 3 is 1.70 bits per heavy atom. The zero-order valence-electron chi connectivity index (χ0n) is 27.5. The van der Waals surface area contributed by atoms with Gasteiger partial charge in [0.25, 0.3) is 0 Å². The number of para-hydroxylation sites is 4. The fourth-order valence-corrected chi connectivity index (χ4v) is 7.32. The monoisotopic (exact) mass is 638 g/mol. The van der Waals surface area contributed by atoms with Crippen molar-refractivity contribution in [1.29, 1.82) is 0 Å². The predicted molar refractivity (Wildman–Crippen MR) is 212 cm³/mol. The minimum Gasteiger partial charge on any atom is -0.310 e. The molecule has 0 bridgehead atoms. The third kappa shape index (κ3) is 5.24. The van der Waals surface area contributed by atoms with Gasteiger partial charge in [0, 0.05) is 33.4 Å². The molecule has 0 saturated carbocycles. The second-order valence-electron chi connectivity index (χ2n) is 12.6. The van der Waals surface area contributed by atoms with Crippen LogP contribution in [0, 0.1) is 0 Å². The summed E-state index contributed by atoms with van der Waals surface area (Å²) in [7, 11) is 0. The van der Waals surface area contributed by atoms with Crippen LogP contribution in [0.5, 0.6) is 0 Å². The molecule has 0 N–H and O–H groups in total. The van der Waals surface area contributed by atoms with Gasteiger partial charge in [0.1, 0.15) is 0 Å². The van der Waals surface area contributed by atoms with Gasteiger partial charge in [-0.25, -0.2) is 0 Å². The molecule has 0 saturated heterocycles. The first-order valence-electron chi connectivity index (χ1n) is 17.1. The summed E-state index contributed by atoms with van der Waals surface area (Å²) in [4.78, 5) is 2.38. The highest BCUT2D eigenvalue weighted by Gasteiger charge is 2.20. The summed E-state index contributed by atoms with van der Waals surface area (Å²) in [6, 6.07) is 74.0. The van der Waals surface area contributed by atoms with Gasteiger partial charge in [-0.05, 0) is 82.4 Å². The van der Waals surface area contributed by atoms with Crippen LogP contribution in [0.4, 0.5) is 17.1 Å². The van der Waals surface area contributed by atoms with Crippen molar-refractivity contribution in [1.82, 2.24) is 4.57 Å². The van der Waals surface area contributed by atoms with E-state index in [1.165, 1.54) is 55.2 Å². The molecule has 1 heterocycles. The molecule has 0 aliphatic heterocycles. The predicted octanol–water partition coefficient (Wildman–Crippen LogP) is 13.3. The van der Waals surface area contributed by atoms with Crippen molar-refractivity contribution in [3.63, 3.8) is 0 Å². The molecule has 0 radical (unpaired) electrons. The first-order chi connectivity index (χ1) is 24.8. The van der Waals surface area contributed by atoms with Gasteiger partial charge in [-0.15, -0.1) is 0 Å². The van der Waals surface area contributed by atoms with Crippen molar-refractivity contribution in [3.8, 4) is 39.1 Å². The van der Waals surface area contributed by atoms with Crippen molar-refractivity contribution in [2.45, 2.75) is 0 Å². The van der Waals surface area contributed by atoms with E-state index in [2.05, 4.69) is 216 Å². The molecule has 0 amide bonds. The molecule has 236 valence electrons. The quantitative estimate of drug-likeness (QED) is 0.169. The van der Waals surface area contributed by atoms with Crippen molar-refractivity contribution in [3.05, 3.63) is 206 Å². The van der Waals surface area contributed by atoms with Crippen LogP contribution in [0.25, 0.3) is 60.9 Å². The van der Waals surface area contributed by atoms with E-state index in [9.17, 15) is 0 Å². The number of benzene rings is 8. The zero-order valence-corrected chi connectivity index (χ0v) is 27.5. The van der Waals surface area contributed by atoms with Crippen LogP contribution in [0.15, 0.2) is 206 Å². The summed E-state index contributed by atoms with van der Waals surface area (Å²) in [6.07, 6.45) is 0. The molecular formula is C48H34N2. The van der Waals surface area contributed by atoms with Crippen molar-refractivity contribution < 1.29 is 0 Å². The summed E-state index contributed by atoms with van der Waals surface area (Å²) < 4.78 is 2.39. The number of anilines is 3. The Morgan fingerprint density at radius 1 is 0.320 bits per heavy atom. The van der Waals surface area contributed by atoms with Gasteiger partial charge < -0.3 is 9.47 Å². The Kier molecular flexibility index (Phi) is 7.53. The van der Waals surface area contributed by atoms with Crippen LogP contribution in [0.2, 0.25) is 0 Å². The van der Waals surface area contributed by atoms with E-state index in [4.69, 9.17) is 0 Å². The molecule has 0 fully saturated rings. The van der Waals surface area contributed by atoms with E-state index in [1.54, 1.807) is 0 Å². The lowest BCUT2D eigenvalue weighted by Crippen LogP contribution is -2.11. The molecule has 9 rings (SSSR count). The van der Waals surface area contributed by atoms with Crippen LogP contribution < -0.4 is 4.90 Å². The minimum atomic E-state index is 1.11. The lowest BCUT2D eigenvalue weighted by molar-refractivity contribution is 1.18. The number of hydrogen-bond donors (Lipinski definition) is 0. The lowest BCUT2D eigenvalue weighted by Gasteiger charge is -2.28. The Balaban J connectivity index is 1.23. The SMILES string of the molecule is c1ccc(-c2cccc(N(c3ccccc3)c3ccccc3-c3ccccc3-c3ccc4c5ccccc5n(-c5ccccc5)c4c3)c2)cc1. The normalized spacial score (nSPS) is 11.2. The van der Waals surface area contributed by atoms with E-state index in [-0.39, 0.29) is 0 Å². The zero-order chi connectivity index (χ0) is 33.3. The standard InChI is InChI=1S/C48H34N2/c1-4-17-35(18-5-1)36-19-16-24-40(33-36)49(38-20-6-2-7-21-38)46-29-14-12-27-43(46)42-26-11-10-25-41(42)37-31-32-45-44-28-13-15-30-47(44)50(48(45)34-37)39-22-8-3-9-23-39/h1-34H. The Hall–Kier alpha value is -6.64. The average molecular weight is 639 g/mol. The Bertz CT molecular complexity index is 2580. The molecule has 1 aromatic heterocycles. The molecule has 0 spiro atoms. The number of nitrogens with zero attached hydrogens (tertiary/aromatic N) is 2. The molecule has 2 nitrogen and oxygen atoms in total. The molecule has 2 heteroatoms. The van der Waals surface area contributed by atoms with Crippen LogP contribution in [0.3, 0.4) is 0 Å². The third-order valence-electron chi connectivity index (χ3n) is 9.59. The molecule has 0 aliphatic rings. The van der Waals surface area contributed by atoms with Gasteiger partial charge >= 0.3 is 0 Å². The van der Waals surface area contributed by atoms with Crippen LogP contribution in [-0.2, 0) is 0 Å². The molecule has 50 heavy (non-hydrogen) atoms. The summed E-state index contributed by atoms with van der Waals surface area (Å²) in [5, 5.41) is 2.51. The Labute approximate surface area is 292 Å². The number of hydrogen-bond acceptors (Lipinski definition) is 1. The third-order valence-corrected chi connectivity index (χ3v) is 9.59. The van der Waals surface area contributed by atoms with E-state index in [0.29, 0.717) is 0 Å². The smallest absolute Gasteiger partial charge is 0.0547 e. The van der Waals surface area contributed by atoms with Gasteiger partial charge in [0.15, 0.2) is 0 Å². The van der Waals surface area contributed by atoms with Crippen LogP contribution in [0.1, 0.15) is 0 Å². The maximum atomic E-state index is 2.39. The summed E-state index contributed by atoms with van der Waals surface area (Å²) in [6.45, 7) is 0. The van der Waals surface area contributed by atoms with E-state index >= 15 is 0 Å². The second-order valence-corrected chi connectivity index (χ2v) is 12.6. The molecule has 0 aliphatic carbocycles. The fraction of sp³-hybridized carbons (Fsp3) is 0. The molecule has 8 aromatic carbocycles. The highest BCUT2D eigenvalue weighted by Crippen LogP contribution is 2.45. The molecule has 0 unspecified atom stereocenters. The van der Waals surface area contributed by atoms with Gasteiger partial charge in [0.2, 0.25) is 0 Å². The van der Waals surface area contributed by atoms with Crippen molar-refractivity contribution in [2.75, 3.05) is 4.90 Å². The molecular weight excluding hydrogens is 605 g/mol. The topological polar surface area (TPSA) is 8.17 Å².